The Morgan fingerprint density at radius 3 is 2.00 bits per heavy atom. The van der Waals surface area contributed by atoms with E-state index in [2.05, 4.69) is 23.8 Å². The number of anilines is 2. The summed E-state index contributed by atoms with van der Waals surface area (Å²) in [4.78, 5) is 22.1. The van der Waals surface area contributed by atoms with Crippen LogP contribution >= 0.6 is 0 Å². The SMILES string of the molecule is C=CC(=O)Nc1ccc(S(=O)(=O)O)cc1NC(=O)C=C. The van der Waals surface area contributed by atoms with Gasteiger partial charge in [0.05, 0.1) is 16.3 Å². The second kappa shape index (κ2) is 6.13. The Bertz CT molecular complexity index is 679. The third-order valence-electron chi connectivity index (χ3n) is 2.18. The van der Waals surface area contributed by atoms with Crippen LogP contribution in [0.3, 0.4) is 0 Å². The highest BCUT2D eigenvalue weighted by Crippen LogP contribution is 2.25. The van der Waals surface area contributed by atoms with E-state index in [1.165, 1.54) is 6.07 Å². The minimum absolute atomic E-state index is 0.000208. The maximum atomic E-state index is 11.3. The van der Waals surface area contributed by atoms with E-state index in [1.54, 1.807) is 0 Å². The fraction of sp³-hybridized carbons (Fsp3) is 0. The third-order valence-corrected chi connectivity index (χ3v) is 3.03. The fourth-order valence-corrected chi connectivity index (χ4v) is 1.77. The summed E-state index contributed by atoms with van der Waals surface area (Å²) in [6.07, 6.45) is 1.98. The molecule has 0 unspecified atom stereocenters. The topological polar surface area (TPSA) is 113 Å². The molecule has 3 N–H and O–H groups in total. The molecule has 0 saturated carbocycles. The molecule has 1 aromatic rings. The van der Waals surface area contributed by atoms with E-state index in [-0.39, 0.29) is 11.4 Å². The molecule has 0 atom stereocenters. The molecule has 20 heavy (non-hydrogen) atoms. The molecular weight excluding hydrogens is 284 g/mol. The van der Waals surface area contributed by atoms with Crippen LogP contribution in [-0.4, -0.2) is 24.8 Å². The zero-order valence-electron chi connectivity index (χ0n) is 10.3. The lowest BCUT2D eigenvalue weighted by Gasteiger charge is -2.11. The Labute approximate surface area is 115 Å². The number of carbonyl (C=O) groups is 2. The van der Waals surface area contributed by atoms with Crippen LogP contribution in [0.1, 0.15) is 0 Å². The number of benzene rings is 1. The molecule has 0 bridgehead atoms. The van der Waals surface area contributed by atoms with Crippen molar-refractivity contribution in [3.05, 3.63) is 43.5 Å². The average molecular weight is 296 g/mol. The number of carbonyl (C=O) groups excluding carboxylic acids is 2. The second-order valence-electron chi connectivity index (χ2n) is 3.57. The summed E-state index contributed by atoms with van der Waals surface area (Å²) >= 11 is 0. The van der Waals surface area contributed by atoms with Gasteiger partial charge in [0.1, 0.15) is 0 Å². The van der Waals surface area contributed by atoms with E-state index in [1.807, 2.05) is 0 Å². The predicted octanol–water partition coefficient (Wildman–Crippen LogP) is 1.18. The maximum Gasteiger partial charge on any atom is 0.294 e. The number of amides is 2. The van der Waals surface area contributed by atoms with Crippen molar-refractivity contribution < 1.29 is 22.6 Å². The largest absolute Gasteiger partial charge is 0.321 e. The number of hydrogen-bond donors (Lipinski definition) is 3. The van der Waals surface area contributed by atoms with Crippen molar-refractivity contribution in [2.75, 3.05) is 10.6 Å². The first-order valence-corrected chi connectivity index (χ1v) is 6.70. The Balaban J connectivity index is 3.29. The summed E-state index contributed by atoms with van der Waals surface area (Å²) in [5.41, 5.74) is 0.151. The summed E-state index contributed by atoms with van der Waals surface area (Å²) in [6, 6.07) is 3.32. The van der Waals surface area contributed by atoms with Gasteiger partial charge in [-0.15, -0.1) is 0 Å². The van der Waals surface area contributed by atoms with E-state index in [0.29, 0.717) is 0 Å². The van der Waals surface area contributed by atoms with Gasteiger partial charge in [-0.2, -0.15) is 8.42 Å². The summed E-state index contributed by atoms with van der Waals surface area (Å²) in [5.74, 6) is -1.15. The molecule has 8 heteroatoms. The monoisotopic (exact) mass is 296 g/mol. The van der Waals surface area contributed by atoms with Gasteiger partial charge in [-0.05, 0) is 30.4 Å². The Morgan fingerprint density at radius 1 is 1.05 bits per heavy atom. The first-order valence-electron chi connectivity index (χ1n) is 5.26. The lowest BCUT2D eigenvalue weighted by molar-refractivity contribution is -0.112. The third kappa shape index (κ3) is 4.04. The van der Waals surface area contributed by atoms with Crippen molar-refractivity contribution in [1.29, 1.82) is 0 Å². The highest BCUT2D eigenvalue weighted by atomic mass is 32.2. The van der Waals surface area contributed by atoms with Crippen LogP contribution in [0.15, 0.2) is 48.4 Å². The lowest BCUT2D eigenvalue weighted by Crippen LogP contribution is -2.14. The van der Waals surface area contributed by atoms with Crippen LogP contribution in [0.25, 0.3) is 0 Å². The van der Waals surface area contributed by atoms with Crippen molar-refractivity contribution >= 4 is 33.3 Å². The molecule has 2 amide bonds. The zero-order chi connectivity index (χ0) is 15.3. The van der Waals surface area contributed by atoms with Crippen molar-refractivity contribution in [2.45, 2.75) is 4.90 Å². The smallest absolute Gasteiger partial charge is 0.294 e. The fourth-order valence-electron chi connectivity index (χ4n) is 1.26. The molecule has 0 radical (unpaired) electrons. The molecule has 0 aliphatic heterocycles. The average Bonchev–Trinajstić information content (AvgIpc) is 2.39. The molecule has 1 aromatic carbocycles. The molecule has 0 aromatic heterocycles. The molecule has 0 spiro atoms. The van der Waals surface area contributed by atoms with Gasteiger partial charge in [0.15, 0.2) is 0 Å². The van der Waals surface area contributed by atoms with E-state index < -0.39 is 26.8 Å². The van der Waals surface area contributed by atoms with Gasteiger partial charge in [0, 0.05) is 0 Å². The molecule has 7 nitrogen and oxygen atoms in total. The lowest BCUT2D eigenvalue weighted by atomic mass is 10.2. The molecule has 1 rings (SSSR count). The molecule has 0 aliphatic rings. The second-order valence-corrected chi connectivity index (χ2v) is 4.99. The van der Waals surface area contributed by atoms with Gasteiger partial charge in [-0.1, -0.05) is 13.2 Å². The Morgan fingerprint density at radius 2 is 1.55 bits per heavy atom. The van der Waals surface area contributed by atoms with Crippen molar-refractivity contribution in [3.8, 4) is 0 Å². The molecular formula is C12H12N2O5S. The van der Waals surface area contributed by atoms with E-state index in [9.17, 15) is 18.0 Å². The Hall–Kier alpha value is -2.45. The maximum absolute atomic E-state index is 11.3. The number of rotatable bonds is 5. The van der Waals surface area contributed by atoms with E-state index in [0.717, 1.165) is 24.3 Å². The number of nitrogens with one attached hydrogen (secondary N) is 2. The van der Waals surface area contributed by atoms with Crippen LogP contribution in [0.4, 0.5) is 11.4 Å². The molecule has 0 saturated heterocycles. The van der Waals surface area contributed by atoms with Crippen LogP contribution < -0.4 is 10.6 Å². The predicted molar refractivity (Wildman–Crippen MR) is 73.9 cm³/mol. The van der Waals surface area contributed by atoms with Crippen LogP contribution in [-0.2, 0) is 19.7 Å². The molecule has 0 aliphatic carbocycles. The first kappa shape index (κ1) is 15.6. The van der Waals surface area contributed by atoms with E-state index in [4.69, 9.17) is 4.55 Å². The summed E-state index contributed by atoms with van der Waals surface area (Å²) in [6.45, 7) is 6.52. The number of hydrogen-bond acceptors (Lipinski definition) is 4. The minimum atomic E-state index is -4.43. The molecule has 0 fully saturated rings. The van der Waals surface area contributed by atoms with Gasteiger partial charge in [0.2, 0.25) is 11.8 Å². The van der Waals surface area contributed by atoms with Gasteiger partial charge < -0.3 is 10.6 Å². The summed E-state index contributed by atoms with van der Waals surface area (Å²) < 4.78 is 31.1. The zero-order valence-corrected chi connectivity index (χ0v) is 11.1. The van der Waals surface area contributed by atoms with Gasteiger partial charge in [-0.3, -0.25) is 14.1 Å². The summed E-state index contributed by atoms with van der Waals surface area (Å²) in [7, 11) is -4.43. The normalized spacial score (nSPS) is 10.4. The van der Waals surface area contributed by atoms with Crippen LogP contribution in [0.5, 0.6) is 0 Å². The van der Waals surface area contributed by atoms with Crippen molar-refractivity contribution in [2.24, 2.45) is 0 Å². The van der Waals surface area contributed by atoms with Crippen molar-refractivity contribution in [1.82, 2.24) is 0 Å². The quantitative estimate of drug-likeness (QED) is 0.558. The van der Waals surface area contributed by atoms with Gasteiger partial charge in [-0.25, -0.2) is 0 Å². The highest BCUT2D eigenvalue weighted by Gasteiger charge is 2.14. The Kier molecular flexibility index (Phi) is 4.78. The minimum Gasteiger partial charge on any atom is -0.321 e. The van der Waals surface area contributed by atoms with Crippen LogP contribution in [0.2, 0.25) is 0 Å². The van der Waals surface area contributed by atoms with Gasteiger partial charge in [0.25, 0.3) is 10.1 Å². The summed E-state index contributed by atoms with van der Waals surface area (Å²) in [5, 5.41) is 4.71. The van der Waals surface area contributed by atoms with Crippen LogP contribution in [0, 0.1) is 0 Å². The standard InChI is InChI=1S/C12H12N2O5S/c1-3-11(15)13-9-6-5-8(20(17,18)19)7-10(9)14-12(16)4-2/h3-7H,1-2H2,(H,13,15)(H,14,16)(H,17,18,19). The van der Waals surface area contributed by atoms with Gasteiger partial charge >= 0.3 is 0 Å². The molecule has 106 valence electrons. The van der Waals surface area contributed by atoms with Crippen molar-refractivity contribution in [3.63, 3.8) is 0 Å². The van der Waals surface area contributed by atoms with E-state index >= 15 is 0 Å². The molecule has 0 heterocycles. The highest BCUT2D eigenvalue weighted by molar-refractivity contribution is 7.85. The first-order chi connectivity index (χ1) is 9.27.